The number of rotatable bonds is 2. The Morgan fingerprint density at radius 2 is 2.29 bits per heavy atom. The fourth-order valence-corrected chi connectivity index (χ4v) is 2.48. The minimum absolute atomic E-state index is 0.319. The van der Waals surface area contributed by atoms with E-state index in [1.165, 1.54) is 7.11 Å². The lowest BCUT2D eigenvalue weighted by Gasteiger charge is -2.10. The molecule has 17 heavy (non-hydrogen) atoms. The van der Waals surface area contributed by atoms with E-state index >= 15 is 0 Å². The molecule has 0 aliphatic rings. The Labute approximate surface area is 117 Å². The molecule has 0 spiro atoms. The van der Waals surface area contributed by atoms with Gasteiger partial charge in [0.2, 0.25) is 0 Å². The van der Waals surface area contributed by atoms with Gasteiger partial charge in [0.05, 0.1) is 12.6 Å². The Kier molecular flexibility index (Phi) is 3.58. The summed E-state index contributed by atoms with van der Waals surface area (Å²) in [5.41, 5.74) is 0.872. The molecule has 2 aromatic rings. The highest BCUT2D eigenvalue weighted by Crippen LogP contribution is 2.26. The molecule has 1 aromatic carbocycles. The highest BCUT2D eigenvalue weighted by atomic mass is 127. The van der Waals surface area contributed by atoms with Crippen LogP contribution in [0.5, 0.6) is 0 Å². The number of aromatic nitrogens is 2. The summed E-state index contributed by atoms with van der Waals surface area (Å²) in [6, 6.07) is 5.02. The predicted molar refractivity (Wildman–Crippen MR) is 74.2 cm³/mol. The van der Waals surface area contributed by atoms with Crippen molar-refractivity contribution in [1.29, 1.82) is 0 Å². The number of benzene rings is 1. The van der Waals surface area contributed by atoms with Gasteiger partial charge in [-0.05, 0) is 47.7 Å². The first-order valence-electron chi connectivity index (χ1n) is 4.95. The molecule has 1 unspecified atom stereocenters. The smallest absolute Gasteiger partial charge is 0.330 e. The van der Waals surface area contributed by atoms with Crippen LogP contribution < -0.4 is 0 Å². The second kappa shape index (κ2) is 4.81. The summed E-state index contributed by atoms with van der Waals surface area (Å²) in [5, 5.41) is 5.94. The van der Waals surface area contributed by atoms with Gasteiger partial charge in [-0.1, -0.05) is 11.6 Å². The SMILES string of the molecule is COC(=O)C(C)n1nc(I)c2cc(Cl)ccc21. The lowest BCUT2D eigenvalue weighted by Crippen LogP contribution is -2.18. The van der Waals surface area contributed by atoms with Crippen LogP contribution in [0.25, 0.3) is 10.9 Å². The van der Waals surface area contributed by atoms with Crippen LogP contribution >= 0.6 is 34.2 Å². The zero-order valence-corrected chi connectivity index (χ0v) is 12.2. The average Bonchev–Trinajstić information content (AvgIpc) is 2.64. The van der Waals surface area contributed by atoms with Crippen LogP contribution in [0.4, 0.5) is 0 Å². The van der Waals surface area contributed by atoms with Gasteiger partial charge in [-0.25, -0.2) is 9.48 Å². The number of methoxy groups -OCH3 is 1. The Morgan fingerprint density at radius 1 is 1.59 bits per heavy atom. The van der Waals surface area contributed by atoms with Gasteiger partial charge in [0.25, 0.3) is 0 Å². The van der Waals surface area contributed by atoms with Crippen LogP contribution in [0.15, 0.2) is 18.2 Å². The van der Waals surface area contributed by atoms with Gasteiger partial charge in [0.15, 0.2) is 0 Å². The first-order valence-corrected chi connectivity index (χ1v) is 6.41. The molecule has 0 aliphatic carbocycles. The molecule has 0 bridgehead atoms. The van der Waals surface area contributed by atoms with Crippen LogP contribution in [0, 0.1) is 3.70 Å². The van der Waals surface area contributed by atoms with Crippen molar-refractivity contribution in [2.24, 2.45) is 0 Å². The minimum atomic E-state index is -0.452. The topological polar surface area (TPSA) is 44.1 Å². The van der Waals surface area contributed by atoms with Gasteiger partial charge in [0.1, 0.15) is 9.74 Å². The third-order valence-corrected chi connectivity index (χ3v) is 3.56. The van der Waals surface area contributed by atoms with Crippen molar-refractivity contribution in [3.8, 4) is 0 Å². The van der Waals surface area contributed by atoms with Gasteiger partial charge in [-0.3, -0.25) is 0 Å². The molecule has 6 heteroatoms. The highest BCUT2D eigenvalue weighted by molar-refractivity contribution is 14.1. The average molecular weight is 365 g/mol. The number of carbonyl (C=O) groups excluding carboxylic acids is 1. The first-order chi connectivity index (χ1) is 8.04. The van der Waals surface area contributed by atoms with Gasteiger partial charge in [-0.2, -0.15) is 5.10 Å². The number of fused-ring (bicyclic) bond motifs is 1. The normalized spacial score (nSPS) is 12.7. The Bertz CT molecular complexity index is 582. The number of hydrogen-bond donors (Lipinski definition) is 0. The van der Waals surface area contributed by atoms with E-state index in [0.29, 0.717) is 5.02 Å². The van der Waals surface area contributed by atoms with E-state index in [9.17, 15) is 4.79 Å². The van der Waals surface area contributed by atoms with E-state index in [2.05, 4.69) is 27.7 Å². The summed E-state index contributed by atoms with van der Waals surface area (Å²) in [5.74, 6) is -0.319. The second-order valence-electron chi connectivity index (χ2n) is 3.60. The quantitative estimate of drug-likeness (QED) is 0.608. The second-order valence-corrected chi connectivity index (χ2v) is 5.05. The number of esters is 1. The lowest BCUT2D eigenvalue weighted by atomic mass is 10.2. The van der Waals surface area contributed by atoms with E-state index in [1.807, 2.05) is 12.1 Å². The molecule has 1 atom stereocenters. The van der Waals surface area contributed by atoms with Crippen molar-refractivity contribution in [3.63, 3.8) is 0 Å². The van der Waals surface area contributed by atoms with Gasteiger partial charge in [-0.15, -0.1) is 0 Å². The van der Waals surface area contributed by atoms with Crippen LogP contribution in [0.2, 0.25) is 5.02 Å². The van der Waals surface area contributed by atoms with Crippen molar-refractivity contribution in [2.45, 2.75) is 13.0 Å². The van der Waals surface area contributed by atoms with Gasteiger partial charge < -0.3 is 4.74 Å². The van der Waals surface area contributed by atoms with Crippen LogP contribution in [-0.2, 0) is 9.53 Å². The molecule has 0 aliphatic heterocycles. The summed E-state index contributed by atoms with van der Waals surface area (Å²) in [6.45, 7) is 1.75. The predicted octanol–water partition coefficient (Wildman–Crippen LogP) is 3.03. The maximum Gasteiger partial charge on any atom is 0.330 e. The molecular weight excluding hydrogens is 354 g/mol. The number of halogens is 2. The van der Waals surface area contributed by atoms with E-state index in [1.54, 1.807) is 17.7 Å². The van der Waals surface area contributed by atoms with E-state index in [0.717, 1.165) is 14.6 Å². The molecule has 2 rings (SSSR count). The molecule has 0 N–H and O–H groups in total. The number of ether oxygens (including phenoxy) is 1. The van der Waals surface area contributed by atoms with Crippen molar-refractivity contribution in [2.75, 3.05) is 7.11 Å². The fourth-order valence-electron chi connectivity index (χ4n) is 1.64. The third-order valence-electron chi connectivity index (χ3n) is 2.53. The summed E-state index contributed by atoms with van der Waals surface area (Å²) in [6.07, 6.45) is 0. The molecule has 0 amide bonds. The molecule has 0 saturated carbocycles. The van der Waals surface area contributed by atoms with Crippen LogP contribution in [0.3, 0.4) is 0 Å². The summed E-state index contributed by atoms with van der Waals surface area (Å²) in [4.78, 5) is 11.5. The largest absolute Gasteiger partial charge is 0.467 e. The molecule has 1 heterocycles. The number of carbonyl (C=O) groups is 1. The number of hydrogen-bond acceptors (Lipinski definition) is 3. The lowest BCUT2D eigenvalue weighted by molar-refractivity contribution is -0.144. The maximum atomic E-state index is 11.5. The zero-order chi connectivity index (χ0) is 12.6. The third kappa shape index (κ3) is 2.26. The molecule has 1 aromatic heterocycles. The van der Waals surface area contributed by atoms with Crippen LogP contribution in [0.1, 0.15) is 13.0 Å². The summed E-state index contributed by atoms with van der Waals surface area (Å²) in [7, 11) is 1.37. The van der Waals surface area contributed by atoms with Crippen molar-refractivity contribution >= 4 is 51.1 Å². The van der Waals surface area contributed by atoms with E-state index < -0.39 is 6.04 Å². The van der Waals surface area contributed by atoms with Gasteiger partial charge >= 0.3 is 5.97 Å². The molecule has 0 radical (unpaired) electrons. The molecule has 0 fully saturated rings. The minimum Gasteiger partial charge on any atom is -0.467 e. The monoisotopic (exact) mass is 364 g/mol. The van der Waals surface area contributed by atoms with E-state index in [-0.39, 0.29) is 5.97 Å². The van der Waals surface area contributed by atoms with Crippen LogP contribution in [-0.4, -0.2) is 22.9 Å². The Balaban J connectivity index is 2.59. The van der Waals surface area contributed by atoms with Crippen molar-refractivity contribution in [3.05, 3.63) is 26.9 Å². The number of nitrogens with zero attached hydrogens (tertiary/aromatic N) is 2. The Morgan fingerprint density at radius 3 is 2.94 bits per heavy atom. The standard InChI is InChI=1S/C11H10ClIN2O2/c1-6(11(16)17-2)15-9-4-3-7(12)5-8(9)10(13)14-15/h3-6H,1-2H3. The maximum absolute atomic E-state index is 11.5. The van der Waals surface area contributed by atoms with Crippen molar-refractivity contribution in [1.82, 2.24) is 9.78 Å². The molecular formula is C11H10ClIN2O2. The van der Waals surface area contributed by atoms with Gasteiger partial charge in [0, 0.05) is 10.4 Å². The van der Waals surface area contributed by atoms with E-state index in [4.69, 9.17) is 16.3 Å². The highest BCUT2D eigenvalue weighted by Gasteiger charge is 2.20. The fraction of sp³-hybridized carbons (Fsp3) is 0.273. The molecule has 90 valence electrons. The molecule has 4 nitrogen and oxygen atoms in total. The first kappa shape index (κ1) is 12.6. The summed E-state index contributed by atoms with van der Waals surface area (Å²) >= 11 is 8.06. The van der Waals surface area contributed by atoms with Crippen molar-refractivity contribution < 1.29 is 9.53 Å². The zero-order valence-electron chi connectivity index (χ0n) is 9.28. The summed E-state index contributed by atoms with van der Waals surface area (Å²) < 4.78 is 7.19. The molecule has 0 saturated heterocycles. The Hall–Kier alpha value is -0.820.